The number of benzene rings is 3. The molecule has 2 aliphatic rings. The predicted molar refractivity (Wildman–Crippen MR) is 206 cm³/mol. The first-order valence-corrected chi connectivity index (χ1v) is 18.5. The highest BCUT2D eigenvalue weighted by molar-refractivity contribution is 6.01. The zero-order valence-electron chi connectivity index (χ0n) is 31.2. The molecule has 0 spiro atoms. The summed E-state index contributed by atoms with van der Waals surface area (Å²) >= 11 is 0. The average Bonchev–Trinajstić information content (AvgIpc) is 3.49. The van der Waals surface area contributed by atoms with Crippen LogP contribution >= 0.6 is 0 Å². The van der Waals surface area contributed by atoms with Crippen LogP contribution in [0.25, 0.3) is 22.2 Å². The number of hydrogen-bond acceptors (Lipinski definition) is 9. The molecule has 0 saturated carbocycles. The van der Waals surface area contributed by atoms with E-state index in [1.165, 1.54) is 0 Å². The Morgan fingerprint density at radius 1 is 0.792 bits per heavy atom. The fraction of sp³-hybridized carbons (Fsp3) is 0.405. The van der Waals surface area contributed by atoms with Crippen molar-refractivity contribution in [3.8, 4) is 23.0 Å². The molecule has 11 heteroatoms. The summed E-state index contributed by atoms with van der Waals surface area (Å²) in [7, 11) is 1.99. The molecule has 53 heavy (non-hydrogen) atoms. The van der Waals surface area contributed by atoms with Crippen LogP contribution in [0.3, 0.4) is 0 Å². The summed E-state index contributed by atoms with van der Waals surface area (Å²) in [5.74, 6) is 0.950. The molecule has 5 aromatic rings. The first-order chi connectivity index (χ1) is 25.5. The van der Waals surface area contributed by atoms with Crippen molar-refractivity contribution in [1.82, 2.24) is 24.6 Å². The first-order valence-electron chi connectivity index (χ1n) is 18.5. The summed E-state index contributed by atoms with van der Waals surface area (Å²) in [5.41, 5.74) is 4.51. The van der Waals surface area contributed by atoms with Gasteiger partial charge in [0.2, 0.25) is 11.8 Å². The maximum absolute atomic E-state index is 12.6. The minimum absolute atomic E-state index is 0.308. The number of ether oxygens (including phenoxy) is 3. The van der Waals surface area contributed by atoms with Gasteiger partial charge in [-0.05, 0) is 56.9 Å². The standard InChI is InChI=1S/C42H50N6O5/c1-41(2,3)53-40(49)48-22-20-42(50,21-23-48)30-46-24-26-47(27-25-46)35-17-11-16-33-37(44-45(4)38(33)35)34-18-19-36(51-28-31-12-7-5-8-13-31)43-39(34)52-29-32-14-9-6-10-15-32/h5-19,50H,20-30H2,1-4H3. The molecule has 11 nitrogen and oxygen atoms in total. The highest BCUT2D eigenvalue weighted by atomic mass is 16.6. The van der Waals surface area contributed by atoms with Crippen molar-refractivity contribution in [1.29, 1.82) is 0 Å². The highest BCUT2D eigenvalue weighted by Crippen LogP contribution is 2.38. The molecule has 278 valence electrons. The molecule has 2 aromatic heterocycles. The number of piperazine rings is 1. The van der Waals surface area contributed by atoms with E-state index in [9.17, 15) is 9.90 Å². The van der Waals surface area contributed by atoms with Gasteiger partial charge in [-0.1, -0.05) is 72.8 Å². The molecule has 2 fully saturated rings. The van der Waals surface area contributed by atoms with Crippen molar-refractivity contribution in [3.63, 3.8) is 0 Å². The van der Waals surface area contributed by atoms with Crippen LogP contribution in [0, 0.1) is 0 Å². The molecule has 1 N–H and O–H groups in total. The fourth-order valence-electron chi connectivity index (χ4n) is 7.18. The number of piperidine rings is 1. The lowest BCUT2D eigenvalue weighted by molar-refractivity contribution is -0.0507. The van der Waals surface area contributed by atoms with Gasteiger partial charge in [0.1, 0.15) is 24.5 Å². The third-order valence-electron chi connectivity index (χ3n) is 9.96. The van der Waals surface area contributed by atoms with Crippen molar-refractivity contribution < 1.29 is 24.1 Å². The lowest BCUT2D eigenvalue weighted by Crippen LogP contribution is -2.56. The molecule has 0 aliphatic carbocycles. The summed E-state index contributed by atoms with van der Waals surface area (Å²) in [6.45, 7) is 11.2. The van der Waals surface area contributed by atoms with Crippen LogP contribution in [-0.2, 0) is 25.0 Å². The van der Waals surface area contributed by atoms with Gasteiger partial charge in [0.15, 0.2) is 0 Å². The van der Waals surface area contributed by atoms with Gasteiger partial charge in [-0.15, -0.1) is 0 Å². The largest absolute Gasteiger partial charge is 0.473 e. The maximum Gasteiger partial charge on any atom is 0.410 e. The number of fused-ring (bicyclic) bond motifs is 1. The Kier molecular flexibility index (Phi) is 10.6. The Hall–Kier alpha value is -5.13. The average molecular weight is 719 g/mol. The number of amides is 1. The van der Waals surface area contributed by atoms with E-state index in [1.807, 2.05) is 105 Å². The van der Waals surface area contributed by atoms with Crippen LogP contribution in [0.15, 0.2) is 91.0 Å². The number of β-amino-alcohol motifs (C(OH)–C–C–N with tert-alkyl or cyclic N) is 1. The Bertz CT molecular complexity index is 2000. The van der Waals surface area contributed by atoms with E-state index >= 15 is 0 Å². The van der Waals surface area contributed by atoms with Crippen LogP contribution < -0.4 is 14.4 Å². The van der Waals surface area contributed by atoms with E-state index < -0.39 is 11.2 Å². The summed E-state index contributed by atoms with van der Waals surface area (Å²) in [6.07, 6.45) is 0.767. The minimum Gasteiger partial charge on any atom is -0.473 e. The van der Waals surface area contributed by atoms with E-state index in [0.717, 1.165) is 65.2 Å². The van der Waals surface area contributed by atoms with Gasteiger partial charge >= 0.3 is 6.09 Å². The van der Waals surface area contributed by atoms with Gasteiger partial charge in [-0.3, -0.25) is 9.58 Å². The van der Waals surface area contributed by atoms with Crippen molar-refractivity contribution >= 4 is 22.7 Å². The second kappa shape index (κ2) is 15.5. The van der Waals surface area contributed by atoms with Crippen molar-refractivity contribution in [2.45, 2.75) is 58.0 Å². The molecule has 1 amide bonds. The molecule has 3 aromatic carbocycles. The maximum atomic E-state index is 12.6. The zero-order chi connectivity index (χ0) is 37.0. The van der Waals surface area contributed by atoms with Gasteiger partial charge in [0.05, 0.1) is 22.4 Å². The summed E-state index contributed by atoms with van der Waals surface area (Å²) in [4.78, 5) is 23.9. The van der Waals surface area contributed by atoms with Gasteiger partial charge in [-0.2, -0.15) is 10.1 Å². The van der Waals surface area contributed by atoms with E-state index in [4.69, 9.17) is 24.3 Å². The van der Waals surface area contributed by atoms with Crippen LogP contribution in [0.1, 0.15) is 44.7 Å². The number of nitrogens with zero attached hydrogens (tertiary/aromatic N) is 6. The number of para-hydroxylation sites is 1. The quantitative estimate of drug-likeness (QED) is 0.169. The second-order valence-electron chi connectivity index (χ2n) is 15.2. The number of carbonyl (C=O) groups is 1. The molecule has 2 saturated heterocycles. The first kappa shape index (κ1) is 36.2. The summed E-state index contributed by atoms with van der Waals surface area (Å²) in [5, 5.41) is 17.5. The number of aliphatic hydroxyl groups is 1. The van der Waals surface area contributed by atoms with E-state index in [1.54, 1.807) is 4.90 Å². The molecular formula is C42H50N6O5. The number of anilines is 1. The Balaban J connectivity index is 1.06. The van der Waals surface area contributed by atoms with Crippen LogP contribution in [0.2, 0.25) is 0 Å². The second-order valence-corrected chi connectivity index (χ2v) is 15.2. The molecular weight excluding hydrogens is 668 g/mol. The van der Waals surface area contributed by atoms with Crippen LogP contribution in [0.5, 0.6) is 11.8 Å². The third kappa shape index (κ3) is 8.75. The normalized spacial score (nSPS) is 16.5. The van der Waals surface area contributed by atoms with Crippen LogP contribution in [-0.4, -0.2) is 92.8 Å². The number of aromatic nitrogens is 3. The van der Waals surface area contributed by atoms with Gasteiger partial charge in [0, 0.05) is 64.3 Å². The Morgan fingerprint density at radius 2 is 1.43 bits per heavy atom. The Morgan fingerprint density at radius 3 is 2.08 bits per heavy atom. The van der Waals surface area contributed by atoms with Crippen molar-refractivity contribution in [3.05, 3.63) is 102 Å². The Labute approximate surface area is 311 Å². The summed E-state index contributed by atoms with van der Waals surface area (Å²) in [6, 6.07) is 30.3. The van der Waals surface area contributed by atoms with E-state index in [0.29, 0.717) is 57.4 Å². The topological polar surface area (TPSA) is 105 Å². The molecule has 0 unspecified atom stereocenters. The van der Waals surface area contributed by atoms with Crippen molar-refractivity contribution in [2.24, 2.45) is 7.05 Å². The third-order valence-corrected chi connectivity index (χ3v) is 9.96. The smallest absolute Gasteiger partial charge is 0.410 e. The predicted octanol–water partition coefficient (Wildman–Crippen LogP) is 6.68. The number of hydrogen-bond donors (Lipinski definition) is 1. The SMILES string of the molecule is Cn1nc(-c2ccc(OCc3ccccc3)nc2OCc2ccccc2)c2cccc(N3CCN(CC4(O)CCN(C(=O)OC(C)(C)C)CC4)CC3)c21. The lowest BCUT2D eigenvalue weighted by Gasteiger charge is -2.43. The molecule has 0 bridgehead atoms. The number of aryl methyl sites for hydroxylation is 1. The zero-order valence-corrected chi connectivity index (χ0v) is 31.2. The lowest BCUT2D eigenvalue weighted by atomic mass is 9.90. The molecule has 4 heterocycles. The van der Waals surface area contributed by atoms with Gasteiger partial charge in [-0.25, -0.2) is 4.79 Å². The number of pyridine rings is 1. The summed E-state index contributed by atoms with van der Waals surface area (Å²) < 4.78 is 20.0. The fourth-order valence-corrected chi connectivity index (χ4v) is 7.18. The van der Waals surface area contributed by atoms with Gasteiger partial charge in [0.25, 0.3) is 0 Å². The highest BCUT2D eigenvalue weighted by Gasteiger charge is 2.37. The molecule has 7 rings (SSSR count). The number of rotatable bonds is 10. The van der Waals surface area contributed by atoms with E-state index in [-0.39, 0.29) is 6.09 Å². The molecule has 0 radical (unpaired) electrons. The number of likely N-dealkylation sites (tertiary alicyclic amines) is 1. The monoisotopic (exact) mass is 718 g/mol. The molecule has 2 aliphatic heterocycles. The van der Waals surface area contributed by atoms with Crippen LogP contribution in [0.4, 0.5) is 10.5 Å². The van der Waals surface area contributed by atoms with Crippen molar-refractivity contribution in [2.75, 3.05) is 50.7 Å². The van der Waals surface area contributed by atoms with E-state index in [2.05, 4.69) is 28.0 Å². The van der Waals surface area contributed by atoms with Gasteiger partial charge < -0.3 is 29.1 Å². The number of carbonyl (C=O) groups excluding carboxylic acids is 1. The minimum atomic E-state index is -0.825. The molecule has 0 atom stereocenters.